The fraction of sp³-hybridized carbons (Fsp3) is 0.636. The van der Waals surface area contributed by atoms with Gasteiger partial charge in [0, 0.05) is 5.75 Å². The van der Waals surface area contributed by atoms with Crippen molar-refractivity contribution in [3.63, 3.8) is 0 Å². The molecule has 0 radical (unpaired) electrons. The van der Waals surface area contributed by atoms with E-state index in [-0.39, 0.29) is 6.10 Å². The molecule has 0 amide bonds. The monoisotopic (exact) mass is 200 g/mol. The molecule has 1 nitrogen and oxygen atoms in total. The van der Waals surface area contributed by atoms with Gasteiger partial charge in [0.2, 0.25) is 0 Å². The lowest BCUT2D eigenvalue weighted by molar-refractivity contribution is 0.112. The van der Waals surface area contributed by atoms with Crippen LogP contribution in [0.3, 0.4) is 0 Å². The van der Waals surface area contributed by atoms with E-state index < -0.39 is 0 Å². The van der Waals surface area contributed by atoms with Gasteiger partial charge in [0.1, 0.15) is 0 Å². The highest BCUT2D eigenvalue weighted by Crippen LogP contribution is 2.18. The fourth-order valence-corrected chi connectivity index (χ4v) is 1.17. The zero-order valence-electron chi connectivity index (χ0n) is 8.68. The van der Waals surface area contributed by atoms with E-state index in [4.69, 9.17) is 4.74 Å². The highest BCUT2D eigenvalue weighted by atomic mass is 32.1. The Balaban J connectivity index is 4.18. The SMILES string of the molecule is C=C(CC)C(OCCS)C(=C)CC. The molecule has 0 atom stereocenters. The van der Waals surface area contributed by atoms with Crippen molar-refractivity contribution in [2.75, 3.05) is 12.4 Å². The van der Waals surface area contributed by atoms with Crippen LogP contribution in [0.5, 0.6) is 0 Å². The van der Waals surface area contributed by atoms with Crippen molar-refractivity contribution in [3.8, 4) is 0 Å². The second kappa shape index (κ2) is 7.22. The van der Waals surface area contributed by atoms with Crippen molar-refractivity contribution in [3.05, 3.63) is 24.3 Å². The highest BCUT2D eigenvalue weighted by molar-refractivity contribution is 7.80. The summed E-state index contributed by atoms with van der Waals surface area (Å²) in [5, 5.41) is 0. The fourth-order valence-electron chi connectivity index (χ4n) is 1.07. The Morgan fingerprint density at radius 3 is 2.00 bits per heavy atom. The van der Waals surface area contributed by atoms with Gasteiger partial charge in [-0.25, -0.2) is 0 Å². The van der Waals surface area contributed by atoms with E-state index in [1.165, 1.54) is 0 Å². The van der Waals surface area contributed by atoms with Gasteiger partial charge < -0.3 is 4.74 Å². The van der Waals surface area contributed by atoms with Gasteiger partial charge in [-0.3, -0.25) is 0 Å². The maximum atomic E-state index is 5.62. The molecule has 0 heterocycles. The Bertz CT molecular complexity index is 159. The molecular formula is C11H20OS. The molecule has 0 fully saturated rings. The van der Waals surface area contributed by atoms with Crippen LogP contribution in [-0.4, -0.2) is 18.5 Å². The van der Waals surface area contributed by atoms with Gasteiger partial charge in [-0.05, 0) is 24.0 Å². The number of hydrogen-bond acceptors (Lipinski definition) is 2. The van der Waals surface area contributed by atoms with Crippen LogP contribution in [0.2, 0.25) is 0 Å². The molecule has 0 spiro atoms. The van der Waals surface area contributed by atoms with Crippen LogP contribution in [-0.2, 0) is 4.74 Å². The molecule has 0 aromatic heterocycles. The van der Waals surface area contributed by atoms with E-state index in [0.717, 1.165) is 29.7 Å². The lowest BCUT2D eigenvalue weighted by Crippen LogP contribution is -2.18. The van der Waals surface area contributed by atoms with E-state index in [0.29, 0.717) is 6.61 Å². The quantitative estimate of drug-likeness (QED) is 0.490. The van der Waals surface area contributed by atoms with E-state index >= 15 is 0 Å². The molecule has 0 aliphatic rings. The molecule has 0 N–H and O–H groups in total. The zero-order chi connectivity index (χ0) is 10.3. The van der Waals surface area contributed by atoms with Crippen LogP contribution in [0.15, 0.2) is 24.3 Å². The lowest BCUT2D eigenvalue weighted by Gasteiger charge is -2.20. The van der Waals surface area contributed by atoms with Gasteiger partial charge in [0.15, 0.2) is 0 Å². The molecule has 0 saturated carbocycles. The van der Waals surface area contributed by atoms with E-state index in [9.17, 15) is 0 Å². The van der Waals surface area contributed by atoms with Gasteiger partial charge in [0.05, 0.1) is 12.7 Å². The summed E-state index contributed by atoms with van der Waals surface area (Å²) in [4.78, 5) is 0. The molecular weight excluding hydrogens is 180 g/mol. The third-order valence-electron chi connectivity index (χ3n) is 2.03. The summed E-state index contributed by atoms with van der Waals surface area (Å²) >= 11 is 4.11. The average Bonchev–Trinajstić information content (AvgIpc) is 2.17. The van der Waals surface area contributed by atoms with Crippen LogP contribution in [0.1, 0.15) is 26.7 Å². The largest absolute Gasteiger partial charge is 0.369 e. The summed E-state index contributed by atoms with van der Waals surface area (Å²) in [6.45, 7) is 12.8. The molecule has 0 aliphatic heterocycles. The molecule has 0 rings (SSSR count). The number of ether oxygens (including phenoxy) is 1. The van der Waals surface area contributed by atoms with E-state index in [1.54, 1.807) is 0 Å². The molecule has 13 heavy (non-hydrogen) atoms. The van der Waals surface area contributed by atoms with Crippen LogP contribution < -0.4 is 0 Å². The summed E-state index contributed by atoms with van der Waals surface area (Å²) in [6, 6.07) is 0. The normalized spacial score (nSPS) is 10.5. The molecule has 0 saturated heterocycles. The lowest BCUT2D eigenvalue weighted by atomic mass is 10.0. The Labute approximate surface area is 87.3 Å². The van der Waals surface area contributed by atoms with Crippen LogP contribution in [0.25, 0.3) is 0 Å². The molecule has 0 bridgehead atoms. The first-order valence-corrected chi connectivity index (χ1v) is 5.38. The molecule has 0 aromatic rings. The predicted molar refractivity (Wildman–Crippen MR) is 62.5 cm³/mol. The third-order valence-corrected chi connectivity index (χ3v) is 2.21. The smallest absolute Gasteiger partial charge is 0.0990 e. The van der Waals surface area contributed by atoms with Crippen LogP contribution in [0.4, 0.5) is 0 Å². The average molecular weight is 200 g/mol. The maximum absolute atomic E-state index is 5.62. The Morgan fingerprint density at radius 2 is 1.69 bits per heavy atom. The summed E-state index contributed by atoms with van der Waals surface area (Å²) in [7, 11) is 0. The topological polar surface area (TPSA) is 9.23 Å². The minimum Gasteiger partial charge on any atom is -0.369 e. The Morgan fingerprint density at radius 1 is 1.23 bits per heavy atom. The predicted octanol–water partition coefficient (Wildman–Crippen LogP) is 3.23. The van der Waals surface area contributed by atoms with E-state index in [1.807, 2.05) is 0 Å². The highest BCUT2D eigenvalue weighted by Gasteiger charge is 2.13. The molecule has 76 valence electrons. The van der Waals surface area contributed by atoms with Gasteiger partial charge in [-0.2, -0.15) is 12.6 Å². The summed E-state index contributed by atoms with van der Waals surface area (Å²) in [6.07, 6.45) is 1.91. The number of thiol groups is 1. The second-order valence-corrected chi connectivity index (χ2v) is 3.45. The second-order valence-electron chi connectivity index (χ2n) is 3.00. The van der Waals surface area contributed by atoms with Crippen molar-refractivity contribution in [2.45, 2.75) is 32.8 Å². The third kappa shape index (κ3) is 4.53. The van der Waals surface area contributed by atoms with Crippen LogP contribution in [0, 0.1) is 0 Å². The van der Waals surface area contributed by atoms with Crippen LogP contribution >= 0.6 is 12.6 Å². The minimum atomic E-state index is 0.0298. The maximum Gasteiger partial charge on any atom is 0.0990 e. The zero-order valence-corrected chi connectivity index (χ0v) is 9.57. The van der Waals surface area contributed by atoms with Gasteiger partial charge >= 0.3 is 0 Å². The first-order valence-electron chi connectivity index (χ1n) is 4.75. The van der Waals surface area contributed by atoms with Crippen molar-refractivity contribution in [1.29, 1.82) is 0 Å². The van der Waals surface area contributed by atoms with Crippen molar-refractivity contribution >= 4 is 12.6 Å². The standard InChI is InChI=1S/C11H20OS/c1-5-9(3)11(10(4)6-2)12-7-8-13/h11,13H,3-8H2,1-2H3. The van der Waals surface area contributed by atoms with Crippen molar-refractivity contribution < 1.29 is 4.74 Å². The Kier molecular flexibility index (Phi) is 7.10. The van der Waals surface area contributed by atoms with Crippen molar-refractivity contribution in [2.24, 2.45) is 0 Å². The van der Waals surface area contributed by atoms with Crippen molar-refractivity contribution in [1.82, 2.24) is 0 Å². The first-order chi connectivity index (χ1) is 6.17. The summed E-state index contributed by atoms with van der Waals surface area (Å²) < 4.78 is 5.62. The summed E-state index contributed by atoms with van der Waals surface area (Å²) in [5.74, 6) is 0.741. The van der Waals surface area contributed by atoms with Gasteiger partial charge in [-0.1, -0.05) is 27.0 Å². The number of rotatable bonds is 7. The first kappa shape index (κ1) is 12.8. The number of hydrogen-bond donors (Lipinski definition) is 1. The molecule has 0 aromatic carbocycles. The molecule has 0 aliphatic carbocycles. The minimum absolute atomic E-state index is 0.0298. The van der Waals surface area contributed by atoms with Gasteiger partial charge in [0.25, 0.3) is 0 Å². The van der Waals surface area contributed by atoms with E-state index in [2.05, 4.69) is 39.6 Å². The Hall–Kier alpha value is -0.210. The molecule has 2 heteroatoms. The van der Waals surface area contributed by atoms with Gasteiger partial charge in [-0.15, -0.1) is 0 Å². The molecule has 0 unspecified atom stereocenters. The summed E-state index contributed by atoms with van der Waals surface area (Å²) in [5.41, 5.74) is 2.21.